The number of carbonyl (C=O) groups is 2. The first-order valence-electron chi connectivity index (χ1n) is 9.02. The summed E-state index contributed by atoms with van der Waals surface area (Å²) in [5, 5.41) is 0. The Bertz CT molecular complexity index is 758. The Morgan fingerprint density at radius 2 is 1.10 bits per heavy atom. The van der Waals surface area contributed by atoms with Crippen LogP contribution in [0.5, 0.6) is 23.0 Å². The van der Waals surface area contributed by atoms with E-state index in [1.54, 1.807) is 36.4 Å². The third-order valence-corrected chi connectivity index (χ3v) is 6.55. The standard InChI is InChI=1S/C21H26NO6P/c1-25-14-8-5-9-15(26-2)18(14)20(23)29(13-7-12-22)21(24)19-16(27-3)10-6-11-17(19)28-4/h5-6,8-11H,7,12-13,22H2,1-4H3. The molecule has 0 saturated heterocycles. The number of nitrogens with two attached hydrogens (primary N) is 1. The number of hydrogen-bond donors (Lipinski definition) is 1. The van der Waals surface area contributed by atoms with Crippen molar-refractivity contribution in [1.29, 1.82) is 0 Å². The Kier molecular flexibility index (Phi) is 8.43. The van der Waals surface area contributed by atoms with Crippen molar-refractivity contribution >= 4 is 19.0 Å². The van der Waals surface area contributed by atoms with Crippen molar-refractivity contribution in [3.05, 3.63) is 47.5 Å². The maximum Gasteiger partial charge on any atom is 0.199 e. The van der Waals surface area contributed by atoms with Gasteiger partial charge >= 0.3 is 0 Å². The first-order valence-corrected chi connectivity index (χ1v) is 10.5. The molecule has 2 N–H and O–H groups in total. The third-order valence-electron chi connectivity index (χ3n) is 4.36. The summed E-state index contributed by atoms with van der Waals surface area (Å²) < 4.78 is 21.5. The van der Waals surface area contributed by atoms with Gasteiger partial charge in [-0.1, -0.05) is 12.1 Å². The first kappa shape index (κ1) is 22.7. The van der Waals surface area contributed by atoms with Crippen molar-refractivity contribution in [3.8, 4) is 23.0 Å². The summed E-state index contributed by atoms with van der Waals surface area (Å²) in [6.07, 6.45) is 0.865. The minimum Gasteiger partial charge on any atom is -0.496 e. The molecule has 0 unspecified atom stereocenters. The highest BCUT2D eigenvalue weighted by atomic mass is 31.1. The monoisotopic (exact) mass is 419 g/mol. The summed E-state index contributed by atoms with van der Waals surface area (Å²) in [5.41, 5.74) is 5.51. The lowest BCUT2D eigenvalue weighted by Gasteiger charge is -2.20. The van der Waals surface area contributed by atoms with E-state index in [4.69, 9.17) is 24.7 Å². The van der Waals surface area contributed by atoms with Crippen molar-refractivity contribution in [2.24, 2.45) is 5.73 Å². The SMILES string of the molecule is COc1cccc(OC)c1C(=O)P(CCCN)C(=O)c1c(OC)cccc1OC. The first-order chi connectivity index (χ1) is 14.0. The Morgan fingerprint density at radius 1 is 0.759 bits per heavy atom. The molecule has 0 radical (unpaired) electrons. The Hall–Kier alpha value is -2.63. The van der Waals surface area contributed by atoms with Gasteiger partial charge in [-0.3, -0.25) is 9.59 Å². The number of ether oxygens (including phenoxy) is 4. The van der Waals surface area contributed by atoms with Crippen molar-refractivity contribution in [3.63, 3.8) is 0 Å². The van der Waals surface area contributed by atoms with E-state index in [1.165, 1.54) is 28.4 Å². The van der Waals surface area contributed by atoms with Crippen LogP contribution in [0, 0.1) is 0 Å². The average Bonchev–Trinajstić information content (AvgIpc) is 2.77. The van der Waals surface area contributed by atoms with E-state index in [-0.39, 0.29) is 22.2 Å². The van der Waals surface area contributed by atoms with Crippen LogP contribution in [-0.2, 0) is 0 Å². The normalized spacial score (nSPS) is 10.6. The molecule has 8 heteroatoms. The zero-order valence-corrected chi connectivity index (χ0v) is 18.0. The van der Waals surface area contributed by atoms with Gasteiger partial charge < -0.3 is 24.7 Å². The number of benzene rings is 2. The molecular weight excluding hydrogens is 393 g/mol. The molecule has 156 valence electrons. The van der Waals surface area contributed by atoms with Crippen LogP contribution in [0.15, 0.2) is 36.4 Å². The molecule has 0 bridgehead atoms. The summed E-state index contributed by atoms with van der Waals surface area (Å²) in [7, 11) is 4.08. The van der Waals surface area contributed by atoms with Crippen LogP contribution >= 0.6 is 7.92 Å². The molecule has 2 aromatic rings. The van der Waals surface area contributed by atoms with Gasteiger partial charge in [-0.25, -0.2) is 0 Å². The summed E-state index contributed by atoms with van der Waals surface area (Å²) in [6.45, 7) is 0.367. The van der Waals surface area contributed by atoms with Crippen LogP contribution in [-0.4, -0.2) is 52.2 Å². The molecule has 7 nitrogen and oxygen atoms in total. The van der Waals surface area contributed by atoms with Crippen LogP contribution in [0.25, 0.3) is 0 Å². The van der Waals surface area contributed by atoms with E-state index in [2.05, 4.69) is 0 Å². The predicted molar refractivity (Wildman–Crippen MR) is 113 cm³/mol. The zero-order valence-electron chi connectivity index (χ0n) is 17.1. The van der Waals surface area contributed by atoms with Gasteiger partial charge in [0, 0.05) is 7.92 Å². The third kappa shape index (κ3) is 4.86. The molecule has 0 atom stereocenters. The number of rotatable bonds is 11. The second-order valence-corrected chi connectivity index (χ2v) is 8.09. The summed E-state index contributed by atoms with van der Waals surface area (Å²) in [5.74, 6) is 1.42. The fourth-order valence-electron chi connectivity index (χ4n) is 2.94. The molecule has 29 heavy (non-hydrogen) atoms. The van der Waals surface area contributed by atoms with E-state index in [1.807, 2.05) is 0 Å². The smallest absolute Gasteiger partial charge is 0.199 e. The summed E-state index contributed by atoms with van der Waals surface area (Å²) >= 11 is 0. The lowest BCUT2D eigenvalue weighted by molar-refractivity contribution is 0.104. The second kappa shape index (κ2) is 10.8. The van der Waals surface area contributed by atoms with Crippen molar-refractivity contribution in [2.75, 3.05) is 41.1 Å². The molecule has 0 saturated carbocycles. The van der Waals surface area contributed by atoms with Crippen molar-refractivity contribution in [2.45, 2.75) is 6.42 Å². The maximum atomic E-state index is 13.5. The van der Waals surface area contributed by atoms with Gasteiger partial charge in [0.05, 0.1) is 28.4 Å². The van der Waals surface area contributed by atoms with E-state index in [0.29, 0.717) is 42.1 Å². The van der Waals surface area contributed by atoms with Crippen LogP contribution in [0.4, 0.5) is 0 Å². The lowest BCUT2D eigenvalue weighted by Crippen LogP contribution is -2.14. The molecule has 2 aromatic carbocycles. The summed E-state index contributed by atoms with van der Waals surface area (Å²) in [4.78, 5) is 27.1. The van der Waals surface area contributed by atoms with Crippen LogP contribution < -0.4 is 24.7 Å². The molecule has 0 heterocycles. The van der Waals surface area contributed by atoms with E-state index < -0.39 is 7.92 Å². The van der Waals surface area contributed by atoms with Gasteiger partial charge in [-0.15, -0.1) is 0 Å². The summed E-state index contributed by atoms with van der Waals surface area (Å²) in [6, 6.07) is 10.1. The fraction of sp³-hybridized carbons (Fsp3) is 0.333. The van der Waals surface area contributed by atoms with Crippen molar-refractivity contribution in [1.82, 2.24) is 0 Å². The van der Waals surface area contributed by atoms with E-state index in [9.17, 15) is 9.59 Å². The topological polar surface area (TPSA) is 97.1 Å². The highest BCUT2D eigenvalue weighted by Gasteiger charge is 2.34. The van der Waals surface area contributed by atoms with E-state index in [0.717, 1.165) is 0 Å². The van der Waals surface area contributed by atoms with E-state index >= 15 is 0 Å². The van der Waals surface area contributed by atoms with Gasteiger partial charge in [0.2, 0.25) is 0 Å². The molecule has 0 aliphatic carbocycles. The highest BCUT2D eigenvalue weighted by molar-refractivity contribution is 7.90. The van der Waals surface area contributed by atoms with Gasteiger partial charge in [-0.05, 0) is 43.4 Å². The molecule has 0 aliphatic heterocycles. The quantitative estimate of drug-likeness (QED) is 0.557. The predicted octanol–water partition coefficient (Wildman–Crippen LogP) is 3.53. The molecule has 0 spiro atoms. The van der Waals surface area contributed by atoms with Gasteiger partial charge in [0.15, 0.2) is 11.0 Å². The molecule has 0 fully saturated rings. The zero-order chi connectivity index (χ0) is 21.4. The van der Waals surface area contributed by atoms with Gasteiger partial charge in [0.1, 0.15) is 34.1 Å². The Balaban J connectivity index is 2.59. The number of carbonyl (C=O) groups excluding carboxylic acids is 2. The molecule has 0 aromatic heterocycles. The minimum atomic E-state index is -1.81. The average molecular weight is 419 g/mol. The maximum absolute atomic E-state index is 13.5. The fourth-order valence-corrected chi connectivity index (χ4v) is 5.01. The molecular formula is C21H26NO6P. The number of methoxy groups -OCH3 is 4. The number of hydrogen-bond acceptors (Lipinski definition) is 7. The minimum absolute atomic E-state index is 0.253. The Morgan fingerprint density at radius 3 is 1.38 bits per heavy atom. The van der Waals surface area contributed by atoms with Gasteiger partial charge in [-0.2, -0.15) is 0 Å². The van der Waals surface area contributed by atoms with Gasteiger partial charge in [0.25, 0.3) is 0 Å². The van der Waals surface area contributed by atoms with Crippen LogP contribution in [0.3, 0.4) is 0 Å². The molecule has 0 amide bonds. The highest BCUT2D eigenvalue weighted by Crippen LogP contribution is 2.50. The molecule has 2 rings (SSSR count). The van der Waals surface area contributed by atoms with Crippen LogP contribution in [0.1, 0.15) is 27.1 Å². The lowest BCUT2D eigenvalue weighted by atomic mass is 10.2. The molecule has 0 aliphatic rings. The largest absolute Gasteiger partial charge is 0.496 e. The Labute approximate surface area is 171 Å². The van der Waals surface area contributed by atoms with Crippen molar-refractivity contribution < 1.29 is 28.5 Å². The second-order valence-electron chi connectivity index (χ2n) is 5.98. The van der Waals surface area contributed by atoms with Crippen LogP contribution in [0.2, 0.25) is 0 Å².